The smallest absolute Gasteiger partial charge is 0.241 e. The molecule has 0 saturated carbocycles. The number of amides is 1. The van der Waals surface area contributed by atoms with Gasteiger partial charge in [0.15, 0.2) is 0 Å². The maximum absolute atomic E-state index is 12.2. The summed E-state index contributed by atoms with van der Waals surface area (Å²) in [5.41, 5.74) is 0. The molecule has 1 aliphatic rings. The summed E-state index contributed by atoms with van der Waals surface area (Å²) in [6, 6.07) is 0.0549. The minimum atomic E-state index is 0.0549. The number of hydrogen-bond acceptors (Lipinski definition) is 3. The first-order valence-corrected chi connectivity index (χ1v) is 7.56. The molecule has 0 radical (unpaired) electrons. The lowest BCUT2D eigenvalue weighted by Gasteiger charge is -2.26. The van der Waals surface area contributed by atoms with Crippen LogP contribution in [0.25, 0.3) is 0 Å². The van der Waals surface area contributed by atoms with Crippen LogP contribution in [0.3, 0.4) is 0 Å². The third kappa shape index (κ3) is 3.14. The van der Waals surface area contributed by atoms with Crippen molar-refractivity contribution in [1.82, 2.24) is 10.2 Å². The first kappa shape index (κ1) is 13.8. The topological polar surface area (TPSA) is 32.3 Å². The number of nitrogens with one attached hydrogen (secondary N) is 1. The molecule has 1 fully saturated rings. The Balaban J connectivity index is 2.64. The van der Waals surface area contributed by atoms with Gasteiger partial charge in [0.25, 0.3) is 0 Å². The van der Waals surface area contributed by atoms with Gasteiger partial charge in [0, 0.05) is 12.3 Å². The zero-order valence-electron chi connectivity index (χ0n) is 10.8. The summed E-state index contributed by atoms with van der Waals surface area (Å²) in [7, 11) is 0. The molecule has 1 rings (SSSR count). The fourth-order valence-electron chi connectivity index (χ4n) is 2.19. The predicted molar refractivity (Wildman–Crippen MR) is 70.6 cm³/mol. The molecule has 0 bridgehead atoms. The van der Waals surface area contributed by atoms with Gasteiger partial charge in [-0.3, -0.25) is 10.1 Å². The van der Waals surface area contributed by atoms with Gasteiger partial charge in [-0.15, -0.1) is 0 Å². The van der Waals surface area contributed by atoms with Crippen LogP contribution in [0.1, 0.15) is 33.6 Å². The van der Waals surface area contributed by atoms with Crippen LogP contribution in [0.15, 0.2) is 0 Å². The van der Waals surface area contributed by atoms with Gasteiger partial charge in [-0.05, 0) is 18.6 Å². The minimum absolute atomic E-state index is 0.0549. The molecule has 2 atom stereocenters. The van der Waals surface area contributed by atoms with Crippen molar-refractivity contribution in [2.75, 3.05) is 18.6 Å². The third-order valence-electron chi connectivity index (χ3n) is 3.03. The summed E-state index contributed by atoms with van der Waals surface area (Å²) in [6.07, 6.45) is 4.33. The van der Waals surface area contributed by atoms with E-state index in [4.69, 9.17) is 0 Å². The molecule has 4 heteroatoms. The molecule has 1 amide bonds. The number of nitrogens with zero attached hydrogens (tertiary/aromatic N) is 1. The second-order valence-electron chi connectivity index (χ2n) is 4.72. The third-order valence-corrected chi connectivity index (χ3v) is 3.62. The maximum atomic E-state index is 12.2. The summed E-state index contributed by atoms with van der Waals surface area (Å²) >= 11 is 1.80. The first-order valence-electron chi connectivity index (χ1n) is 6.17. The monoisotopic (exact) mass is 244 g/mol. The Morgan fingerprint density at radius 1 is 1.50 bits per heavy atom. The number of carbonyl (C=O) groups excluding carboxylic acids is 1. The molecule has 0 aromatic heterocycles. The van der Waals surface area contributed by atoms with Crippen molar-refractivity contribution >= 4 is 17.7 Å². The second kappa shape index (κ2) is 6.50. The zero-order valence-corrected chi connectivity index (χ0v) is 11.6. The van der Waals surface area contributed by atoms with Crippen LogP contribution in [-0.2, 0) is 4.79 Å². The molecule has 1 aliphatic heterocycles. The lowest BCUT2D eigenvalue weighted by molar-refractivity contribution is -0.130. The van der Waals surface area contributed by atoms with E-state index in [1.807, 2.05) is 4.90 Å². The van der Waals surface area contributed by atoms with Crippen molar-refractivity contribution in [2.45, 2.75) is 45.8 Å². The van der Waals surface area contributed by atoms with Crippen molar-refractivity contribution in [3.05, 3.63) is 0 Å². The fraction of sp³-hybridized carbons (Fsp3) is 0.917. The van der Waals surface area contributed by atoms with E-state index in [2.05, 4.69) is 32.3 Å². The van der Waals surface area contributed by atoms with Gasteiger partial charge in [0.1, 0.15) is 0 Å². The highest BCUT2D eigenvalue weighted by molar-refractivity contribution is 7.98. The summed E-state index contributed by atoms with van der Waals surface area (Å²) in [4.78, 5) is 14.2. The Kier molecular flexibility index (Phi) is 5.62. The van der Waals surface area contributed by atoms with Crippen LogP contribution < -0.4 is 5.32 Å². The van der Waals surface area contributed by atoms with E-state index in [0.717, 1.165) is 25.1 Å². The van der Waals surface area contributed by atoms with Gasteiger partial charge >= 0.3 is 0 Å². The summed E-state index contributed by atoms with van der Waals surface area (Å²) in [5, 5.41) is 3.47. The van der Waals surface area contributed by atoms with Crippen LogP contribution >= 0.6 is 11.8 Å². The van der Waals surface area contributed by atoms with Crippen molar-refractivity contribution < 1.29 is 4.79 Å². The Hall–Kier alpha value is -0.220. The van der Waals surface area contributed by atoms with E-state index >= 15 is 0 Å². The number of carbonyl (C=O) groups is 1. The largest absolute Gasteiger partial charge is 0.325 e. The van der Waals surface area contributed by atoms with Gasteiger partial charge < -0.3 is 4.90 Å². The lowest BCUT2D eigenvalue weighted by atomic mass is 10.1. The molecule has 2 unspecified atom stereocenters. The van der Waals surface area contributed by atoms with Gasteiger partial charge in [-0.2, -0.15) is 11.8 Å². The molecule has 94 valence electrons. The summed E-state index contributed by atoms with van der Waals surface area (Å²) in [5.74, 6) is 1.80. The molecule has 0 aromatic rings. The highest BCUT2D eigenvalue weighted by Crippen LogP contribution is 2.20. The van der Waals surface area contributed by atoms with Gasteiger partial charge in [0.2, 0.25) is 5.91 Å². The summed E-state index contributed by atoms with van der Waals surface area (Å²) in [6.45, 7) is 7.34. The lowest BCUT2D eigenvalue weighted by Crippen LogP contribution is -2.42. The minimum Gasteiger partial charge on any atom is -0.325 e. The molecular formula is C12H24N2OS. The molecule has 0 aromatic carbocycles. The van der Waals surface area contributed by atoms with Crippen molar-refractivity contribution in [3.63, 3.8) is 0 Å². The van der Waals surface area contributed by atoms with Crippen LogP contribution in [-0.4, -0.2) is 41.6 Å². The van der Waals surface area contributed by atoms with Crippen LogP contribution in [0.4, 0.5) is 0 Å². The molecule has 3 nitrogen and oxygen atoms in total. The highest BCUT2D eigenvalue weighted by atomic mass is 32.2. The van der Waals surface area contributed by atoms with E-state index in [9.17, 15) is 4.79 Å². The van der Waals surface area contributed by atoms with E-state index in [1.54, 1.807) is 11.8 Å². The van der Waals surface area contributed by atoms with E-state index in [1.165, 1.54) is 0 Å². The molecule has 1 N–H and O–H groups in total. The van der Waals surface area contributed by atoms with Crippen LogP contribution in [0, 0.1) is 5.92 Å². The van der Waals surface area contributed by atoms with Crippen molar-refractivity contribution in [2.24, 2.45) is 5.92 Å². The molecule has 16 heavy (non-hydrogen) atoms. The molecule has 1 saturated heterocycles. The summed E-state index contributed by atoms with van der Waals surface area (Å²) < 4.78 is 0. The zero-order chi connectivity index (χ0) is 12.1. The predicted octanol–water partition coefficient (Wildman–Crippen LogP) is 1.93. The van der Waals surface area contributed by atoms with Gasteiger partial charge in [0.05, 0.1) is 12.2 Å². The standard InChI is InChI=1S/C12H24N2OS/c1-5-6-10-12(15)14(7-8-16-4)11(13-10)9(2)3/h9-11,13H,5-8H2,1-4H3. The van der Waals surface area contributed by atoms with Gasteiger partial charge in [-0.25, -0.2) is 0 Å². The Morgan fingerprint density at radius 3 is 2.69 bits per heavy atom. The number of thioether (sulfide) groups is 1. The fourth-order valence-corrected chi connectivity index (χ4v) is 2.57. The average molecular weight is 244 g/mol. The second-order valence-corrected chi connectivity index (χ2v) is 5.71. The Labute approximate surface area is 103 Å². The van der Waals surface area contributed by atoms with Crippen molar-refractivity contribution in [3.8, 4) is 0 Å². The van der Waals surface area contributed by atoms with Crippen LogP contribution in [0.5, 0.6) is 0 Å². The highest BCUT2D eigenvalue weighted by Gasteiger charge is 2.38. The SMILES string of the molecule is CCCC1NC(C(C)C)N(CCSC)C1=O. The van der Waals surface area contributed by atoms with E-state index in [-0.39, 0.29) is 12.2 Å². The number of hydrogen-bond donors (Lipinski definition) is 1. The molecule has 0 aliphatic carbocycles. The van der Waals surface area contributed by atoms with Crippen LogP contribution in [0.2, 0.25) is 0 Å². The molecule has 1 heterocycles. The average Bonchev–Trinajstić information content (AvgIpc) is 2.55. The maximum Gasteiger partial charge on any atom is 0.241 e. The van der Waals surface area contributed by atoms with Crippen molar-refractivity contribution in [1.29, 1.82) is 0 Å². The quantitative estimate of drug-likeness (QED) is 0.775. The normalized spacial score (nSPS) is 25.8. The first-order chi connectivity index (χ1) is 7.61. The molecule has 0 spiro atoms. The Bertz CT molecular complexity index is 233. The van der Waals surface area contributed by atoms with E-state index < -0.39 is 0 Å². The molecular weight excluding hydrogens is 220 g/mol. The number of rotatable bonds is 6. The van der Waals surface area contributed by atoms with E-state index in [0.29, 0.717) is 11.8 Å². The van der Waals surface area contributed by atoms with Gasteiger partial charge in [-0.1, -0.05) is 27.2 Å². The Morgan fingerprint density at radius 2 is 2.19 bits per heavy atom.